The average Bonchev–Trinajstić information content (AvgIpc) is 2.14. The molecule has 0 fully saturated rings. The van der Waals surface area contributed by atoms with E-state index in [9.17, 15) is 35.1 Å². The third kappa shape index (κ3) is 3.29. The van der Waals surface area contributed by atoms with Crippen molar-refractivity contribution in [1.29, 1.82) is 0 Å². The first-order chi connectivity index (χ1) is 8.09. The van der Waals surface area contributed by atoms with Gasteiger partial charge in [0, 0.05) is 11.8 Å². The van der Waals surface area contributed by atoms with Crippen LogP contribution in [0.2, 0.25) is 0 Å². The van der Waals surface area contributed by atoms with Gasteiger partial charge in [-0.2, -0.15) is 35.1 Å². The second-order valence-electron chi connectivity index (χ2n) is 4.69. The summed E-state index contributed by atoms with van der Waals surface area (Å²) in [5.74, 6) is -14.2. The van der Waals surface area contributed by atoms with Crippen LogP contribution in [0.5, 0.6) is 0 Å². The Morgan fingerprint density at radius 2 is 0.789 bits per heavy atom. The summed E-state index contributed by atoms with van der Waals surface area (Å²) in [6.07, 6.45) is -11.4. The van der Waals surface area contributed by atoms with Crippen molar-refractivity contribution in [2.24, 2.45) is 11.8 Å². The van der Waals surface area contributed by atoms with Crippen LogP contribution < -0.4 is 0 Å². The highest BCUT2D eigenvalue weighted by Gasteiger charge is 2.70. The predicted octanol–water partition coefficient (Wildman–Crippen LogP) is 4.77. The molecule has 0 heterocycles. The van der Waals surface area contributed by atoms with Gasteiger partial charge in [0.05, 0.1) is 0 Å². The molecule has 0 saturated heterocycles. The van der Waals surface area contributed by atoms with Gasteiger partial charge in [-0.15, -0.1) is 0 Å². The fourth-order valence-electron chi connectivity index (χ4n) is 0.969. The van der Waals surface area contributed by atoms with Gasteiger partial charge in [-0.1, -0.05) is 27.7 Å². The van der Waals surface area contributed by atoms with E-state index in [-0.39, 0.29) is 0 Å². The molecule has 0 N–H and O–H groups in total. The van der Waals surface area contributed by atoms with Gasteiger partial charge in [0.1, 0.15) is 0 Å². The van der Waals surface area contributed by atoms with Crippen molar-refractivity contribution in [2.75, 3.05) is 0 Å². The smallest absolute Gasteiger partial charge is 0.246 e. The maximum absolute atomic E-state index is 13.0. The van der Waals surface area contributed by atoms with Crippen LogP contribution in [0.15, 0.2) is 0 Å². The lowest BCUT2D eigenvalue weighted by atomic mass is 10.0. The van der Waals surface area contributed by atoms with E-state index in [0.29, 0.717) is 27.7 Å². The third-order valence-corrected chi connectivity index (χ3v) is 2.48. The first-order valence-electron chi connectivity index (χ1n) is 5.31. The zero-order valence-corrected chi connectivity index (χ0v) is 10.6. The molecule has 0 bridgehead atoms. The van der Waals surface area contributed by atoms with E-state index in [1.54, 1.807) is 0 Å². The van der Waals surface area contributed by atoms with Crippen molar-refractivity contribution in [3.8, 4) is 0 Å². The van der Waals surface area contributed by atoms with Crippen LogP contribution in [-0.4, -0.2) is 24.1 Å². The van der Waals surface area contributed by atoms with E-state index >= 15 is 0 Å². The molecule has 0 aromatic heterocycles. The second-order valence-corrected chi connectivity index (χ2v) is 4.69. The molecule has 0 aliphatic rings. The molecule has 0 saturated carbocycles. The Hall–Kier alpha value is -0.600. The van der Waals surface area contributed by atoms with Crippen molar-refractivity contribution in [3.63, 3.8) is 0 Å². The molecule has 0 unspecified atom stereocenters. The molecule has 0 spiro atoms. The topological polar surface area (TPSA) is 9.23 Å². The minimum Gasteiger partial charge on any atom is -0.246 e. The van der Waals surface area contributed by atoms with Crippen LogP contribution in [-0.2, 0) is 4.74 Å². The molecule has 0 radical (unpaired) electrons. The molecular weight excluding hydrogens is 288 g/mol. The Bertz CT molecular complexity index is 281. The van der Waals surface area contributed by atoms with Crippen LogP contribution in [0.1, 0.15) is 27.7 Å². The quantitative estimate of drug-likeness (QED) is 0.642. The van der Waals surface area contributed by atoms with Crippen LogP contribution in [0.25, 0.3) is 0 Å². The lowest BCUT2D eigenvalue weighted by Gasteiger charge is -2.35. The fraction of sp³-hybridized carbons (Fsp3) is 1.00. The summed E-state index contributed by atoms with van der Waals surface area (Å²) in [7, 11) is 0. The summed E-state index contributed by atoms with van der Waals surface area (Å²) in [5, 5.41) is 0. The van der Waals surface area contributed by atoms with Gasteiger partial charge in [0.25, 0.3) is 0 Å². The highest BCUT2D eigenvalue weighted by atomic mass is 19.3. The van der Waals surface area contributed by atoms with E-state index in [4.69, 9.17) is 0 Å². The van der Waals surface area contributed by atoms with E-state index in [1.165, 1.54) is 0 Å². The maximum atomic E-state index is 13.0. The normalized spacial score (nSPS) is 15.5. The standard InChI is InChI=1S/C10H14F8O/c1-5(2)7(11,12)9(15,16)19-10(17,18)8(13,14)6(3)4/h5-6H,1-4H3. The van der Waals surface area contributed by atoms with Crippen LogP contribution in [0.4, 0.5) is 35.1 Å². The van der Waals surface area contributed by atoms with Crippen molar-refractivity contribution in [1.82, 2.24) is 0 Å². The molecule has 0 aromatic carbocycles. The highest BCUT2D eigenvalue weighted by molar-refractivity contribution is 4.86. The molecule has 0 rings (SSSR count). The molecule has 0 atom stereocenters. The second kappa shape index (κ2) is 5.06. The van der Waals surface area contributed by atoms with Crippen molar-refractivity contribution in [3.05, 3.63) is 0 Å². The monoisotopic (exact) mass is 302 g/mol. The Morgan fingerprint density at radius 3 is 0.947 bits per heavy atom. The summed E-state index contributed by atoms with van der Waals surface area (Å²) in [4.78, 5) is 0. The summed E-state index contributed by atoms with van der Waals surface area (Å²) < 4.78 is 106. The van der Waals surface area contributed by atoms with E-state index in [1.807, 2.05) is 0 Å². The first-order valence-corrected chi connectivity index (χ1v) is 5.31. The van der Waals surface area contributed by atoms with Gasteiger partial charge in [0.2, 0.25) is 0 Å². The van der Waals surface area contributed by atoms with Crippen LogP contribution in [0.3, 0.4) is 0 Å². The highest BCUT2D eigenvalue weighted by Crippen LogP contribution is 2.49. The van der Waals surface area contributed by atoms with E-state index in [0.717, 1.165) is 0 Å². The Kier molecular flexibility index (Phi) is 4.90. The number of halogens is 8. The molecule has 1 nitrogen and oxygen atoms in total. The average molecular weight is 302 g/mol. The summed E-state index contributed by atoms with van der Waals surface area (Å²) in [6, 6.07) is 0. The zero-order valence-electron chi connectivity index (χ0n) is 10.6. The first kappa shape index (κ1) is 18.4. The minimum atomic E-state index is -5.72. The number of hydrogen-bond donors (Lipinski definition) is 0. The van der Waals surface area contributed by atoms with Crippen molar-refractivity contribution >= 4 is 0 Å². The van der Waals surface area contributed by atoms with E-state index in [2.05, 4.69) is 4.74 Å². The van der Waals surface area contributed by atoms with Crippen LogP contribution >= 0.6 is 0 Å². The van der Waals surface area contributed by atoms with Crippen molar-refractivity contribution < 1.29 is 39.9 Å². The van der Waals surface area contributed by atoms with Gasteiger partial charge in [-0.05, 0) is 0 Å². The third-order valence-electron chi connectivity index (χ3n) is 2.48. The molecule has 19 heavy (non-hydrogen) atoms. The summed E-state index contributed by atoms with van der Waals surface area (Å²) in [5.41, 5.74) is 0. The van der Waals surface area contributed by atoms with Crippen molar-refractivity contribution in [2.45, 2.75) is 51.8 Å². The number of hydrogen-bond acceptors (Lipinski definition) is 1. The molecule has 0 aliphatic carbocycles. The maximum Gasteiger partial charge on any atom is 0.424 e. The van der Waals surface area contributed by atoms with Gasteiger partial charge >= 0.3 is 24.1 Å². The molecular formula is C10H14F8O. The molecule has 0 aliphatic heterocycles. The fourth-order valence-corrected chi connectivity index (χ4v) is 0.969. The summed E-state index contributed by atoms with van der Waals surface area (Å²) >= 11 is 0. The SMILES string of the molecule is CC(C)C(F)(F)C(F)(F)OC(F)(F)C(F)(F)C(C)C. The predicted molar refractivity (Wildman–Crippen MR) is 50.5 cm³/mol. The Morgan fingerprint density at radius 1 is 0.579 bits per heavy atom. The molecule has 0 aromatic rings. The zero-order chi connectivity index (χ0) is 15.9. The molecule has 9 heteroatoms. The summed E-state index contributed by atoms with van der Waals surface area (Å²) in [6.45, 7) is 2.48. The molecule has 116 valence electrons. The number of ether oxygens (including phenoxy) is 1. The molecule has 0 amide bonds. The Labute approximate surface area is 104 Å². The lowest BCUT2D eigenvalue weighted by Crippen LogP contribution is -2.56. The van der Waals surface area contributed by atoms with Crippen LogP contribution in [0, 0.1) is 11.8 Å². The number of alkyl halides is 8. The van der Waals surface area contributed by atoms with Gasteiger partial charge in [-0.25, -0.2) is 4.74 Å². The largest absolute Gasteiger partial charge is 0.424 e. The van der Waals surface area contributed by atoms with Gasteiger partial charge < -0.3 is 0 Å². The number of rotatable bonds is 6. The van der Waals surface area contributed by atoms with E-state index < -0.39 is 35.9 Å². The Balaban J connectivity index is 5.34. The lowest BCUT2D eigenvalue weighted by molar-refractivity contribution is -0.476. The van der Waals surface area contributed by atoms with Gasteiger partial charge in [-0.3, -0.25) is 0 Å². The minimum absolute atomic E-state index is 0.621. The van der Waals surface area contributed by atoms with Gasteiger partial charge in [0.15, 0.2) is 0 Å².